The number of rotatable bonds is 7. The van der Waals surface area contributed by atoms with E-state index in [1.165, 1.54) is 0 Å². The van der Waals surface area contributed by atoms with Crippen LogP contribution in [0.15, 0.2) is 48.5 Å². The van der Waals surface area contributed by atoms with Crippen molar-refractivity contribution in [1.29, 1.82) is 0 Å². The smallest absolute Gasteiger partial charge is 0.251 e. The molecule has 2 aromatic rings. The summed E-state index contributed by atoms with van der Waals surface area (Å²) in [6.07, 6.45) is 0.977. The molecule has 1 amide bonds. The van der Waals surface area contributed by atoms with Crippen LogP contribution in [0.2, 0.25) is 5.02 Å². The minimum Gasteiger partial charge on any atom is -0.489 e. The van der Waals surface area contributed by atoms with Gasteiger partial charge in [-0.25, -0.2) is 0 Å². The average Bonchev–Trinajstić information content (AvgIpc) is 2.54. The fraction of sp³-hybridized carbons (Fsp3) is 0.316. The van der Waals surface area contributed by atoms with Crippen molar-refractivity contribution >= 4 is 17.5 Å². The average molecular weight is 332 g/mol. The summed E-state index contributed by atoms with van der Waals surface area (Å²) in [7, 11) is 0. The molecule has 0 unspecified atom stereocenters. The summed E-state index contributed by atoms with van der Waals surface area (Å²) in [5, 5.41) is 3.61. The number of carbonyl (C=O) groups excluding carboxylic acids is 1. The first-order valence-corrected chi connectivity index (χ1v) is 8.18. The van der Waals surface area contributed by atoms with Gasteiger partial charge in [-0.05, 0) is 42.7 Å². The molecule has 23 heavy (non-hydrogen) atoms. The summed E-state index contributed by atoms with van der Waals surface area (Å²) in [5.74, 6) is 1.24. The zero-order chi connectivity index (χ0) is 16.7. The fourth-order valence-corrected chi connectivity index (χ4v) is 2.25. The molecule has 0 spiro atoms. The van der Waals surface area contributed by atoms with Gasteiger partial charge in [0.2, 0.25) is 0 Å². The SMILES string of the molecule is CC(C)CCNC(=O)c1ccc(OCc2ccccc2Cl)cc1. The summed E-state index contributed by atoms with van der Waals surface area (Å²) in [5.41, 5.74) is 1.57. The molecule has 3 nitrogen and oxygen atoms in total. The lowest BCUT2D eigenvalue weighted by atomic mass is 10.1. The normalized spacial score (nSPS) is 10.6. The van der Waals surface area contributed by atoms with Gasteiger partial charge in [-0.1, -0.05) is 43.6 Å². The highest BCUT2D eigenvalue weighted by atomic mass is 35.5. The van der Waals surface area contributed by atoms with Crippen LogP contribution < -0.4 is 10.1 Å². The molecule has 4 heteroatoms. The molecule has 2 aromatic carbocycles. The molecule has 0 saturated carbocycles. The van der Waals surface area contributed by atoms with Crippen molar-refractivity contribution < 1.29 is 9.53 Å². The van der Waals surface area contributed by atoms with Crippen LogP contribution >= 0.6 is 11.6 Å². The second kappa shape index (κ2) is 8.59. The Labute approximate surface area is 142 Å². The van der Waals surface area contributed by atoms with E-state index < -0.39 is 0 Å². The highest BCUT2D eigenvalue weighted by Crippen LogP contribution is 2.19. The van der Waals surface area contributed by atoms with E-state index in [4.69, 9.17) is 16.3 Å². The quantitative estimate of drug-likeness (QED) is 0.799. The van der Waals surface area contributed by atoms with Crippen LogP contribution in [0.25, 0.3) is 0 Å². The number of carbonyl (C=O) groups is 1. The zero-order valence-corrected chi connectivity index (χ0v) is 14.3. The van der Waals surface area contributed by atoms with Crippen LogP contribution in [-0.4, -0.2) is 12.5 Å². The number of benzene rings is 2. The van der Waals surface area contributed by atoms with Crippen LogP contribution in [0.3, 0.4) is 0 Å². The Hall–Kier alpha value is -2.00. The minimum absolute atomic E-state index is 0.0525. The molecule has 0 aromatic heterocycles. The lowest BCUT2D eigenvalue weighted by Gasteiger charge is -2.09. The van der Waals surface area contributed by atoms with Crippen molar-refractivity contribution in [2.24, 2.45) is 5.92 Å². The van der Waals surface area contributed by atoms with E-state index >= 15 is 0 Å². The number of amides is 1. The third-order valence-electron chi connectivity index (χ3n) is 3.48. The highest BCUT2D eigenvalue weighted by molar-refractivity contribution is 6.31. The van der Waals surface area contributed by atoms with Crippen LogP contribution in [-0.2, 0) is 6.61 Å². The summed E-state index contributed by atoms with van der Waals surface area (Å²) in [6, 6.07) is 14.7. The summed E-state index contributed by atoms with van der Waals surface area (Å²) in [4.78, 5) is 12.0. The van der Waals surface area contributed by atoms with Gasteiger partial charge in [0.15, 0.2) is 0 Å². The first-order valence-electron chi connectivity index (χ1n) is 7.80. The highest BCUT2D eigenvalue weighted by Gasteiger charge is 2.06. The first kappa shape index (κ1) is 17.4. The maximum Gasteiger partial charge on any atom is 0.251 e. The first-order chi connectivity index (χ1) is 11.1. The topological polar surface area (TPSA) is 38.3 Å². The van der Waals surface area contributed by atoms with Gasteiger partial charge < -0.3 is 10.1 Å². The van der Waals surface area contributed by atoms with Gasteiger partial charge in [0.25, 0.3) is 5.91 Å². The summed E-state index contributed by atoms with van der Waals surface area (Å²) < 4.78 is 5.70. The predicted molar refractivity (Wildman–Crippen MR) is 94.0 cm³/mol. The third kappa shape index (κ3) is 5.61. The molecule has 0 atom stereocenters. The van der Waals surface area contributed by atoms with Crippen molar-refractivity contribution in [3.63, 3.8) is 0 Å². The summed E-state index contributed by atoms with van der Waals surface area (Å²) >= 11 is 6.09. The molecule has 0 aliphatic rings. The molecular weight excluding hydrogens is 310 g/mol. The second-order valence-electron chi connectivity index (χ2n) is 5.84. The van der Waals surface area contributed by atoms with Gasteiger partial charge in [-0.2, -0.15) is 0 Å². The number of hydrogen-bond acceptors (Lipinski definition) is 2. The zero-order valence-electron chi connectivity index (χ0n) is 13.5. The van der Waals surface area contributed by atoms with Gasteiger partial charge in [0, 0.05) is 22.7 Å². The van der Waals surface area contributed by atoms with Crippen molar-refractivity contribution in [2.45, 2.75) is 26.9 Å². The minimum atomic E-state index is -0.0525. The lowest BCUT2D eigenvalue weighted by Crippen LogP contribution is -2.25. The van der Waals surface area contributed by atoms with E-state index in [9.17, 15) is 4.79 Å². The molecule has 0 saturated heterocycles. The van der Waals surface area contributed by atoms with E-state index in [0.717, 1.165) is 12.0 Å². The van der Waals surface area contributed by atoms with Crippen LogP contribution in [0, 0.1) is 5.92 Å². The molecule has 0 aliphatic carbocycles. The molecule has 0 bridgehead atoms. The molecule has 1 N–H and O–H groups in total. The summed E-state index contributed by atoms with van der Waals surface area (Å²) in [6.45, 7) is 5.37. The predicted octanol–water partition coefficient (Wildman–Crippen LogP) is 4.69. The third-order valence-corrected chi connectivity index (χ3v) is 3.84. The molecule has 2 rings (SSSR count). The number of ether oxygens (including phenoxy) is 1. The van der Waals surface area contributed by atoms with Crippen molar-refractivity contribution in [2.75, 3.05) is 6.54 Å². The van der Waals surface area contributed by atoms with E-state index in [1.807, 2.05) is 24.3 Å². The standard InChI is InChI=1S/C19H22ClNO2/c1-14(2)11-12-21-19(22)15-7-9-17(10-8-15)23-13-16-5-3-4-6-18(16)20/h3-10,14H,11-13H2,1-2H3,(H,21,22). The van der Waals surface area contributed by atoms with E-state index in [2.05, 4.69) is 19.2 Å². The van der Waals surface area contributed by atoms with E-state index in [0.29, 0.717) is 35.4 Å². The molecule has 0 heterocycles. The van der Waals surface area contributed by atoms with Crippen LogP contribution in [0.4, 0.5) is 0 Å². The van der Waals surface area contributed by atoms with Gasteiger partial charge in [-0.3, -0.25) is 4.79 Å². The Balaban J connectivity index is 1.87. The maximum atomic E-state index is 12.0. The van der Waals surface area contributed by atoms with Crippen molar-refractivity contribution in [3.8, 4) is 5.75 Å². The largest absolute Gasteiger partial charge is 0.489 e. The number of halogens is 1. The van der Waals surface area contributed by atoms with Crippen molar-refractivity contribution in [1.82, 2.24) is 5.32 Å². The number of nitrogens with one attached hydrogen (secondary N) is 1. The fourth-order valence-electron chi connectivity index (χ4n) is 2.06. The molecule has 0 fully saturated rings. The van der Waals surface area contributed by atoms with Crippen molar-refractivity contribution in [3.05, 3.63) is 64.7 Å². The Kier molecular flexibility index (Phi) is 6.48. The molecule has 0 aliphatic heterocycles. The lowest BCUT2D eigenvalue weighted by molar-refractivity contribution is 0.0952. The monoisotopic (exact) mass is 331 g/mol. The van der Waals surface area contributed by atoms with E-state index in [1.54, 1.807) is 24.3 Å². The van der Waals surface area contributed by atoms with Crippen LogP contribution in [0.1, 0.15) is 36.2 Å². The van der Waals surface area contributed by atoms with E-state index in [-0.39, 0.29) is 5.91 Å². The van der Waals surface area contributed by atoms with Crippen LogP contribution in [0.5, 0.6) is 5.75 Å². The Morgan fingerprint density at radius 3 is 2.48 bits per heavy atom. The Morgan fingerprint density at radius 2 is 1.83 bits per heavy atom. The second-order valence-corrected chi connectivity index (χ2v) is 6.25. The Morgan fingerprint density at radius 1 is 1.13 bits per heavy atom. The number of hydrogen-bond donors (Lipinski definition) is 1. The van der Waals surface area contributed by atoms with Gasteiger partial charge in [0.1, 0.15) is 12.4 Å². The Bertz CT molecular complexity index is 638. The molecule has 122 valence electrons. The van der Waals surface area contributed by atoms with Gasteiger partial charge in [0.05, 0.1) is 0 Å². The van der Waals surface area contributed by atoms with Gasteiger partial charge >= 0.3 is 0 Å². The molecule has 0 radical (unpaired) electrons. The maximum absolute atomic E-state index is 12.0. The molecular formula is C19H22ClNO2. The van der Waals surface area contributed by atoms with Gasteiger partial charge in [-0.15, -0.1) is 0 Å².